The van der Waals surface area contributed by atoms with E-state index in [1.165, 1.54) is 35.9 Å². The van der Waals surface area contributed by atoms with Gasteiger partial charge >= 0.3 is 0 Å². The summed E-state index contributed by atoms with van der Waals surface area (Å²) in [5.41, 5.74) is 1.23. The average Bonchev–Trinajstić information content (AvgIpc) is 2.44. The summed E-state index contributed by atoms with van der Waals surface area (Å²) in [4.78, 5) is 0. The van der Waals surface area contributed by atoms with Crippen LogP contribution in [0.2, 0.25) is 0 Å². The first-order valence-corrected chi connectivity index (χ1v) is 5.29. The molecule has 0 aliphatic carbocycles. The van der Waals surface area contributed by atoms with Gasteiger partial charge in [0.2, 0.25) is 5.69 Å². The summed E-state index contributed by atoms with van der Waals surface area (Å²) in [6, 6.07) is 7.04. The SMILES string of the molecule is [2H]C([2H])([2H])c1ccc(C)c(-c2c(C([2H])([2H])[2H])ccc(C([2H])([2H])[2H])[n+]2C)c1. The van der Waals surface area contributed by atoms with Gasteiger partial charge in [-0.15, -0.1) is 0 Å². The number of aromatic nitrogens is 1. The maximum Gasteiger partial charge on any atom is 0.215 e. The molecular weight excluding hydrogens is 206 g/mol. The monoisotopic (exact) mass is 235 g/mol. The van der Waals surface area contributed by atoms with E-state index in [1.807, 2.05) is 0 Å². The molecule has 0 fully saturated rings. The average molecular weight is 235 g/mol. The van der Waals surface area contributed by atoms with Gasteiger partial charge in [-0.3, -0.25) is 0 Å². The number of aryl methyl sites for hydroxylation is 4. The first kappa shape index (κ1) is 4.93. The summed E-state index contributed by atoms with van der Waals surface area (Å²) in [5.74, 6) is 0. The van der Waals surface area contributed by atoms with Crippen LogP contribution in [0.3, 0.4) is 0 Å². The lowest BCUT2D eigenvalue weighted by atomic mass is 9.99. The standard InChI is InChI=1S/C16H20N/c1-11-6-7-12(2)15(10-11)16-13(3)8-9-14(4)17(16)5/h6-10H,1-5H3/q+1/i1D3,3D3,4D3. The lowest BCUT2D eigenvalue weighted by Gasteiger charge is -2.09. The van der Waals surface area contributed by atoms with Crippen molar-refractivity contribution in [3.05, 3.63) is 52.7 Å². The Morgan fingerprint density at radius 3 is 2.53 bits per heavy atom. The van der Waals surface area contributed by atoms with E-state index in [1.54, 1.807) is 13.0 Å². The topological polar surface area (TPSA) is 3.88 Å². The zero-order chi connectivity index (χ0) is 20.1. The van der Waals surface area contributed by atoms with E-state index in [9.17, 15) is 0 Å². The van der Waals surface area contributed by atoms with Gasteiger partial charge in [0.1, 0.15) is 7.05 Å². The molecule has 0 amide bonds. The number of hydrogen-bond donors (Lipinski definition) is 0. The van der Waals surface area contributed by atoms with Crippen molar-refractivity contribution >= 4 is 0 Å². The number of pyridine rings is 1. The van der Waals surface area contributed by atoms with Crippen molar-refractivity contribution in [2.45, 2.75) is 27.5 Å². The molecule has 0 saturated carbocycles. The fourth-order valence-electron chi connectivity index (χ4n) is 1.86. The number of hydrogen-bond acceptors (Lipinski definition) is 0. The van der Waals surface area contributed by atoms with Gasteiger partial charge in [0, 0.05) is 36.4 Å². The predicted molar refractivity (Wildman–Crippen MR) is 72.0 cm³/mol. The van der Waals surface area contributed by atoms with Crippen LogP contribution in [-0.4, -0.2) is 0 Å². The third-order valence-electron chi connectivity index (χ3n) is 2.85. The summed E-state index contributed by atoms with van der Waals surface area (Å²) >= 11 is 0. The van der Waals surface area contributed by atoms with Crippen LogP contribution in [0.1, 0.15) is 34.7 Å². The van der Waals surface area contributed by atoms with E-state index in [0.29, 0.717) is 11.1 Å². The zero-order valence-corrected chi connectivity index (χ0v) is 9.83. The Morgan fingerprint density at radius 2 is 1.82 bits per heavy atom. The van der Waals surface area contributed by atoms with Crippen LogP contribution in [0.15, 0.2) is 30.3 Å². The van der Waals surface area contributed by atoms with E-state index in [-0.39, 0.29) is 22.5 Å². The summed E-state index contributed by atoms with van der Waals surface area (Å²) in [6.45, 7) is -5.55. The van der Waals surface area contributed by atoms with Gasteiger partial charge in [0.05, 0.1) is 0 Å². The molecule has 17 heavy (non-hydrogen) atoms. The Balaban J connectivity index is 2.92. The van der Waals surface area contributed by atoms with Crippen molar-refractivity contribution in [3.63, 3.8) is 0 Å². The maximum absolute atomic E-state index is 7.80. The molecule has 2 rings (SSSR count). The van der Waals surface area contributed by atoms with Crippen LogP contribution in [0.4, 0.5) is 0 Å². The summed E-state index contributed by atoms with van der Waals surface area (Å²) in [5, 5.41) is 0. The van der Waals surface area contributed by atoms with Crippen LogP contribution in [-0.2, 0) is 7.05 Å². The van der Waals surface area contributed by atoms with Crippen LogP contribution >= 0.6 is 0 Å². The Labute approximate surface area is 116 Å². The van der Waals surface area contributed by atoms with Gasteiger partial charge in [-0.25, -0.2) is 0 Å². The van der Waals surface area contributed by atoms with Gasteiger partial charge in [-0.1, -0.05) is 17.7 Å². The van der Waals surface area contributed by atoms with E-state index in [0.717, 1.165) is 0 Å². The van der Waals surface area contributed by atoms with Crippen molar-refractivity contribution in [2.24, 2.45) is 7.05 Å². The highest BCUT2D eigenvalue weighted by atomic mass is 14.9. The minimum atomic E-state index is -2.48. The Bertz CT molecular complexity index is 829. The molecule has 88 valence electrons. The van der Waals surface area contributed by atoms with Crippen molar-refractivity contribution < 1.29 is 16.9 Å². The normalized spacial score (nSPS) is 20.7. The zero-order valence-electron chi connectivity index (χ0n) is 18.8. The van der Waals surface area contributed by atoms with Crippen molar-refractivity contribution in [2.75, 3.05) is 0 Å². The minimum absolute atomic E-state index is 0.0285. The molecule has 0 radical (unpaired) electrons. The van der Waals surface area contributed by atoms with Crippen molar-refractivity contribution in [3.8, 4) is 11.3 Å². The smallest absolute Gasteiger partial charge is 0.198 e. The minimum Gasteiger partial charge on any atom is -0.198 e. The van der Waals surface area contributed by atoms with Gasteiger partial charge in [-0.2, -0.15) is 4.57 Å². The second-order valence-electron chi connectivity index (χ2n) is 4.07. The maximum atomic E-state index is 7.80. The number of nitrogens with zero attached hydrogens (tertiary/aromatic N) is 1. The lowest BCUT2D eigenvalue weighted by Crippen LogP contribution is -2.35. The molecule has 1 heteroatoms. The molecule has 0 saturated heterocycles. The second-order valence-corrected chi connectivity index (χ2v) is 4.07. The Hall–Kier alpha value is -1.63. The molecule has 0 unspecified atom stereocenters. The Kier molecular flexibility index (Phi) is 1.25. The van der Waals surface area contributed by atoms with Gasteiger partial charge in [-0.05, 0) is 38.3 Å². The third-order valence-corrected chi connectivity index (χ3v) is 2.85. The molecule has 2 aromatic rings. The Morgan fingerprint density at radius 1 is 1.00 bits per heavy atom. The molecule has 0 spiro atoms. The molecule has 0 aliphatic heterocycles. The van der Waals surface area contributed by atoms with Crippen molar-refractivity contribution in [1.29, 1.82) is 0 Å². The molecule has 0 N–H and O–H groups in total. The van der Waals surface area contributed by atoms with Gasteiger partial charge in [0.25, 0.3) is 0 Å². The molecule has 1 nitrogen and oxygen atoms in total. The highest BCUT2D eigenvalue weighted by Crippen LogP contribution is 2.24. The quantitative estimate of drug-likeness (QED) is 0.667. The molecule has 1 heterocycles. The summed E-state index contributed by atoms with van der Waals surface area (Å²) in [6.07, 6.45) is 0. The first-order chi connectivity index (χ1) is 11.6. The largest absolute Gasteiger partial charge is 0.215 e. The molecular formula is C16H20N+. The highest BCUT2D eigenvalue weighted by Gasteiger charge is 2.17. The lowest BCUT2D eigenvalue weighted by molar-refractivity contribution is -0.667. The highest BCUT2D eigenvalue weighted by molar-refractivity contribution is 5.64. The molecule has 0 aliphatic rings. The van der Waals surface area contributed by atoms with Crippen molar-refractivity contribution in [1.82, 2.24) is 0 Å². The molecule has 1 aromatic carbocycles. The first-order valence-electron chi connectivity index (χ1n) is 9.79. The summed E-state index contributed by atoms with van der Waals surface area (Å²) in [7, 11) is 1.48. The van der Waals surface area contributed by atoms with Crippen LogP contribution < -0.4 is 4.57 Å². The van der Waals surface area contributed by atoms with Gasteiger partial charge in [0.15, 0.2) is 5.69 Å². The number of rotatable bonds is 1. The molecule has 0 atom stereocenters. The van der Waals surface area contributed by atoms with E-state index in [2.05, 4.69) is 0 Å². The van der Waals surface area contributed by atoms with E-state index in [4.69, 9.17) is 12.3 Å². The fraction of sp³-hybridized carbons (Fsp3) is 0.312. The second kappa shape index (κ2) is 4.33. The third kappa shape index (κ3) is 2.10. The fourth-order valence-corrected chi connectivity index (χ4v) is 1.86. The van der Waals surface area contributed by atoms with E-state index >= 15 is 0 Å². The van der Waals surface area contributed by atoms with Crippen LogP contribution in [0.25, 0.3) is 11.3 Å². The van der Waals surface area contributed by atoms with Crippen LogP contribution in [0.5, 0.6) is 0 Å². The molecule has 1 aromatic heterocycles. The molecule has 0 bridgehead atoms. The van der Waals surface area contributed by atoms with E-state index < -0.39 is 20.6 Å². The predicted octanol–water partition coefficient (Wildman–Crippen LogP) is 3.41. The van der Waals surface area contributed by atoms with Gasteiger partial charge < -0.3 is 0 Å². The van der Waals surface area contributed by atoms with Crippen LogP contribution in [0, 0.1) is 27.5 Å². The summed E-state index contributed by atoms with van der Waals surface area (Å²) < 4.78 is 70.6. The number of benzene rings is 1.